The second kappa shape index (κ2) is 6.87. The average molecular weight is 376 g/mol. The van der Waals surface area contributed by atoms with Crippen LogP contribution in [0, 0.1) is 11.3 Å². The summed E-state index contributed by atoms with van der Waals surface area (Å²) in [5.74, 6) is -0.377. The molecule has 3 rings (SSSR count). The number of aromatic nitrogens is 2. The van der Waals surface area contributed by atoms with Gasteiger partial charge in [0.25, 0.3) is 0 Å². The number of nitrogens with two attached hydrogens (primary N) is 1. The number of rotatable bonds is 4. The Bertz CT molecular complexity index is 1040. The fourth-order valence-corrected chi connectivity index (χ4v) is 2.56. The number of amides is 1. The van der Waals surface area contributed by atoms with Gasteiger partial charge in [0, 0.05) is 5.39 Å². The van der Waals surface area contributed by atoms with Crippen LogP contribution in [0.3, 0.4) is 0 Å². The highest BCUT2D eigenvalue weighted by atomic mass is 19.4. The van der Waals surface area contributed by atoms with Crippen LogP contribution < -0.4 is 10.5 Å². The van der Waals surface area contributed by atoms with Crippen molar-refractivity contribution in [2.45, 2.75) is 13.0 Å². The Morgan fingerprint density at radius 1 is 1.22 bits per heavy atom. The number of primary amides is 1. The molecule has 138 valence electrons. The van der Waals surface area contributed by atoms with Crippen molar-refractivity contribution in [3.05, 3.63) is 53.7 Å². The molecule has 3 aromatic rings. The number of halogens is 3. The first-order valence-electron chi connectivity index (χ1n) is 7.47. The van der Waals surface area contributed by atoms with E-state index in [9.17, 15) is 23.2 Å². The molecule has 2 N–H and O–H groups in total. The lowest BCUT2D eigenvalue weighted by Gasteiger charge is -2.09. The minimum absolute atomic E-state index is 0.257. The van der Waals surface area contributed by atoms with Crippen LogP contribution in [0.1, 0.15) is 11.3 Å². The van der Waals surface area contributed by atoms with Crippen LogP contribution in [0.5, 0.6) is 5.75 Å². The van der Waals surface area contributed by atoms with Crippen LogP contribution in [0.2, 0.25) is 0 Å². The van der Waals surface area contributed by atoms with E-state index in [1.54, 1.807) is 18.2 Å². The summed E-state index contributed by atoms with van der Waals surface area (Å²) in [6.07, 6.45) is -5.79. The van der Waals surface area contributed by atoms with Gasteiger partial charge in [-0.3, -0.25) is 0 Å². The van der Waals surface area contributed by atoms with Gasteiger partial charge in [-0.15, -0.1) is 13.2 Å². The molecule has 2 aromatic carbocycles. The van der Waals surface area contributed by atoms with Crippen molar-refractivity contribution in [1.29, 1.82) is 5.26 Å². The molecule has 0 aliphatic rings. The van der Waals surface area contributed by atoms with Crippen molar-refractivity contribution in [2.24, 2.45) is 5.73 Å². The minimum atomic E-state index is -4.79. The summed E-state index contributed by atoms with van der Waals surface area (Å²) >= 11 is 0. The molecule has 0 saturated carbocycles. The number of carbonyl (C=O) groups excluding carboxylic acids is 1. The summed E-state index contributed by atoms with van der Waals surface area (Å²) < 4.78 is 46.9. The Kier molecular flexibility index (Phi) is 4.60. The van der Waals surface area contributed by atoms with Gasteiger partial charge in [0.15, 0.2) is 0 Å². The van der Waals surface area contributed by atoms with E-state index in [-0.39, 0.29) is 18.1 Å². The number of benzene rings is 2. The first-order valence-corrected chi connectivity index (χ1v) is 7.47. The van der Waals surface area contributed by atoms with E-state index >= 15 is 0 Å². The van der Waals surface area contributed by atoms with Crippen LogP contribution >= 0.6 is 0 Å². The molecule has 0 aliphatic carbocycles. The molecule has 0 saturated heterocycles. The highest BCUT2D eigenvalue weighted by molar-refractivity contribution is 5.89. The van der Waals surface area contributed by atoms with Gasteiger partial charge in [-0.2, -0.15) is 10.4 Å². The quantitative estimate of drug-likeness (QED) is 0.752. The summed E-state index contributed by atoms with van der Waals surface area (Å²) in [4.78, 5) is 10.9. The SMILES string of the molecule is N#Cc1cccc2c1c(COC(N)=O)nn2-c1ccc(OC(F)(F)F)cc1. The third kappa shape index (κ3) is 3.92. The van der Waals surface area contributed by atoms with Gasteiger partial charge >= 0.3 is 12.5 Å². The Morgan fingerprint density at radius 2 is 1.93 bits per heavy atom. The number of hydrogen-bond donors (Lipinski definition) is 1. The summed E-state index contributed by atoms with van der Waals surface area (Å²) in [5.41, 5.74) is 6.51. The van der Waals surface area contributed by atoms with Crippen LogP contribution in [0.4, 0.5) is 18.0 Å². The average Bonchev–Trinajstić information content (AvgIpc) is 2.98. The van der Waals surface area contributed by atoms with E-state index in [0.29, 0.717) is 22.2 Å². The molecule has 0 bridgehead atoms. The normalized spacial score (nSPS) is 11.2. The molecule has 0 unspecified atom stereocenters. The maximum absolute atomic E-state index is 12.3. The third-order valence-electron chi connectivity index (χ3n) is 3.57. The van der Waals surface area contributed by atoms with Gasteiger partial charge in [0.2, 0.25) is 0 Å². The second-order valence-corrected chi connectivity index (χ2v) is 5.32. The molecule has 10 heteroatoms. The van der Waals surface area contributed by atoms with Crippen LogP contribution in [-0.2, 0) is 11.3 Å². The molecule has 1 amide bonds. The van der Waals surface area contributed by atoms with Gasteiger partial charge in [0.05, 0.1) is 22.8 Å². The van der Waals surface area contributed by atoms with Gasteiger partial charge in [0.1, 0.15) is 18.1 Å². The summed E-state index contributed by atoms with van der Waals surface area (Å²) in [6, 6.07) is 12.0. The van der Waals surface area contributed by atoms with Crippen molar-refractivity contribution in [1.82, 2.24) is 9.78 Å². The van der Waals surface area contributed by atoms with Crippen LogP contribution in [-0.4, -0.2) is 22.2 Å². The molecule has 0 radical (unpaired) electrons. The van der Waals surface area contributed by atoms with Crippen molar-refractivity contribution in [3.8, 4) is 17.5 Å². The Balaban J connectivity index is 2.06. The maximum Gasteiger partial charge on any atom is 0.573 e. The fraction of sp³-hybridized carbons (Fsp3) is 0.118. The first kappa shape index (κ1) is 18.1. The topological polar surface area (TPSA) is 103 Å². The summed E-state index contributed by atoms with van der Waals surface area (Å²) in [7, 11) is 0. The van der Waals surface area contributed by atoms with Crippen molar-refractivity contribution in [2.75, 3.05) is 0 Å². The van der Waals surface area contributed by atoms with Crippen molar-refractivity contribution in [3.63, 3.8) is 0 Å². The Labute approximate surface area is 150 Å². The lowest BCUT2D eigenvalue weighted by Crippen LogP contribution is -2.17. The van der Waals surface area contributed by atoms with Gasteiger partial charge in [-0.1, -0.05) is 6.07 Å². The lowest BCUT2D eigenvalue weighted by molar-refractivity contribution is -0.274. The van der Waals surface area contributed by atoms with E-state index in [1.165, 1.54) is 16.8 Å². The van der Waals surface area contributed by atoms with E-state index in [4.69, 9.17) is 10.5 Å². The molecular weight excluding hydrogens is 365 g/mol. The zero-order valence-electron chi connectivity index (χ0n) is 13.5. The standard InChI is InChI=1S/C17H11F3N4O3/c18-17(19,20)27-12-6-4-11(5-7-12)24-14-3-1-2-10(8-21)15(14)13(23-24)9-26-16(22)25/h1-7H,9H2,(H2,22,25). The van der Waals surface area contributed by atoms with Crippen LogP contribution in [0.15, 0.2) is 42.5 Å². The van der Waals surface area contributed by atoms with E-state index < -0.39 is 12.5 Å². The zero-order chi connectivity index (χ0) is 19.6. The predicted octanol–water partition coefficient (Wildman–Crippen LogP) is 3.39. The van der Waals surface area contributed by atoms with Gasteiger partial charge in [-0.05, 0) is 36.4 Å². The van der Waals surface area contributed by atoms with E-state index in [2.05, 4.69) is 9.84 Å². The van der Waals surface area contributed by atoms with Gasteiger partial charge < -0.3 is 15.2 Å². The van der Waals surface area contributed by atoms with E-state index in [0.717, 1.165) is 12.1 Å². The monoisotopic (exact) mass is 376 g/mol. The number of carbonyl (C=O) groups is 1. The largest absolute Gasteiger partial charge is 0.573 e. The number of nitrogens with zero attached hydrogens (tertiary/aromatic N) is 3. The number of nitriles is 1. The maximum atomic E-state index is 12.3. The number of alkyl halides is 3. The molecule has 1 aromatic heterocycles. The summed E-state index contributed by atoms with van der Waals surface area (Å²) in [5, 5.41) is 14.1. The van der Waals surface area contributed by atoms with Crippen LogP contribution in [0.25, 0.3) is 16.6 Å². The predicted molar refractivity (Wildman–Crippen MR) is 86.8 cm³/mol. The Hall–Kier alpha value is -3.74. The Morgan fingerprint density at radius 3 is 2.52 bits per heavy atom. The smallest absolute Gasteiger partial charge is 0.443 e. The fourth-order valence-electron chi connectivity index (χ4n) is 2.56. The molecule has 7 nitrogen and oxygen atoms in total. The molecule has 27 heavy (non-hydrogen) atoms. The van der Waals surface area contributed by atoms with Gasteiger partial charge in [-0.25, -0.2) is 9.48 Å². The molecule has 1 heterocycles. The first-order chi connectivity index (χ1) is 12.8. The summed E-state index contributed by atoms with van der Waals surface area (Å²) in [6.45, 7) is -0.257. The lowest BCUT2D eigenvalue weighted by atomic mass is 10.1. The second-order valence-electron chi connectivity index (χ2n) is 5.32. The van der Waals surface area contributed by atoms with Crippen molar-refractivity contribution >= 4 is 17.0 Å². The molecule has 0 atom stereocenters. The van der Waals surface area contributed by atoms with Crippen molar-refractivity contribution < 1.29 is 27.4 Å². The molecule has 0 aliphatic heterocycles. The van der Waals surface area contributed by atoms with E-state index in [1.807, 2.05) is 6.07 Å². The number of fused-ring (bicyclic) bond motifs is 1. The number of hydrogen-bond acceptors (Lipinski definition) is 5. The zero-order valence-corrected chi connectivity index (χ0v) is 13.5. The molecule has 0 spiro atoms. The highest BCUT2D eigenvalue weighted by Gasteiger charge is 2.31. The molecule has 0 fully saturated rings. The highest BCUT2D eigenvalue weighted by Crippen LogP contribution is 2.28. The number of ether oxygens (including phenoxy) is 2. The molecular formula is C17H11F3N4O3. The third-order valence-corrected chi connectivity index (χ3v) is 3.57. The minimum Gasteiger partial charge on any atom is -0.443 e.